The van der Waals surface area contributed by atoms with Gasteiger partial charge in [-0.2, -0.15) is 4.98 Å². The topological polar surface area (TPSA) is 147 Å². The van der Waals surface area contributed by atoms with E-state index in [4.69, 9.17) is 14.4 Å². The standard InChI is InChI=1S/C26H36N6O5/c1-7-18-10-19(8-16(4)23(18)36-14-20(34)11-27-22(35)13-33)24-30-25(37-31-24)21-9-17(5)28-26(29-21)32(6)12-15(2)3/h8-10,15,20,33-34H,7,11-14H2,1-6H3,(H,27,35)/t20-/m0/s1. The second-order valence-electron chi connectivity index (χ2n) is 9.45. The van der Waals surface area contributed by atoms with Crippen molar-refractivity contribution in [2.75, 3.05) is 38.3 Å². The van der Waals surface area contributed by atoms with E-state index in [2.05, 4.69) is 39.3 Å². The summed E-state index contributed by atoms with van der Waals surface area (Å²) in [6.07, 6.45) is -0.234. The zero-order valence-corrected chi connectivity index (χ0v) is 22.3. The van der Waals surface area contributed by atoms with Crippen LogP contribution in [0, 0.1) is 19.8 Å². The Morgan fingerprint density at radius 3 is 2.62 bits per heavy atom. The van der Waals surface area contributed by atoms with Gasteiger partial charge in [-0.3, -0.25) is 4.79 Å². The number of benzene rings is 1. The quantitative estimate of drug-likeness (QED) is 0.330. The molecule has 0 bridgehead atoms. The molecule has 11 nitrogen and oxygen atoms in total. The minimum Gasteiger partial charge on any atom is -0.490 e. The van der Waals surface area contributed by atoms with E-state index in [0.717, 1.165) is 28.9 Å². The van der Waals surface area contributed by atoms with E-state index in [-0.39, 0.29) is 13.2 Å². The van der Waals surface area contributed by atoms with E-state index in [9.17, 15) is 9.90 Å². The summed E-state index contributed by atoms with van der Waals surface area (Å²) < 4.78 is 11.4. The fourth-order valence-corrected chi connectivity index (χ4v) is 3.88. The Kier molecular flexibility index (Phi) is 9.54. The molecular formula is C26H36N6O5. The van der Waals surface area contributed by atoms with E-state index in [1.165, 1.54) is 0 Å². The van der Waals surface area contributed by atoms with Crippen LogP contribution in [0.5, 0.6) is 5.75 Å². The van der Waals surface area contributed by atoms with Crippen molar-refractivity contribution in [3.05, 3.63) is 35.0 Å². The Hall–Kier alpha value is -3.57. The number of nitrogens with one attached hydrogen (secondary N) is 1. The monoisotopic (exact) mass is 512 g/mol. The molecule has 1 atom stereocenters. The van der Waals surface area contributed by atoms with Gasteiger partial charge in [0.15, 0.2) is 0 Å². The smallest absolute Gasteiger partial charge is 0.277 e. The first-order valence-corrected chi connectivity index (χ1v) is 12.3. The van der Waals surface area contributed by atoms with Gasteiger partial charge in [0.1, 0.15) is 30.8 Å². The maximum Gasteiger partial charge on any atom is 0.277 e. The summed E-state index contributed by atoms with van der Waals surface area (Å²) in [6, 6.07) is 5.65. The number of aliphatic hydroxyl groups is 2. The first-order chi connectivity index (χ1) is 17.6. The van der Waals surface area contributed by atoms with Crippen LogP contribution in [0.4, 0.5) is 5.95 Å². The number of hydrogen-bond donors (Lipinski definition) is 3. The van der Waals surface area contributed by atoms with Crippen molar-refractivity contribution in [1.29, 1.82) is 0 Å². The van der Waals surface area contributed by atoms with Crippen molar-refractivity contribution >= 4 is 11.9 Å². The number of amides is 1. The third-order valence-electron chi connectivity index (χ3n) is 5.56. The molecule has 3 N–H and O–H groups in total. The zero-order valence-electron chi connectivity index (χ0n) is 22.3. The minimum atomic E-state index is -0.917. The summed E-state index contributed by atoms with van der Waals surface area (Å²) in [4.78, 5) is 26.9. The Morgan fingerprint density at radius 1 is 1.19 bits per heavy atom. The predicted molar refractivity (Wildman–Crippen MR) is 139 cm³/mol. The number of aromatic nitrogens is 4. The van der Waals surface area contributed by atoms with Gasteiger partial charge in [0.2, 0.25) is 17.7 Å². The van der Waals surface area contributed by atoms with E-state index in [0.29, 0.717) is 41.4 Å². The van der Waals surface area contributed by atoms with Crippen LogP contribution in [0.3, 0.4) is 0 Å². The molecule has 0 saturated heterocycles. The second kappa shape index (κ2) is 12.6. The molecule has 0 saturated carbocycles. The molecule has 0 unspecified atom stereocenters. The van der Waals surface area contributed by atoms with Gasteiger partial charge in [0.25, 0.3) is 5.89 Å². The third-order valence-corrected chi connectivity index (χ3v) is 5.56. The summed E-state index contributed by atoms with van der Waals surface area (Å²) in [7, 11) is 1.96. The molecule has 2 aromatic heterocycles. The van der Waals surface area contributed by atoms with Crippen LogP contribution in [0.15, 0.2) is 22.7 Å². The molecule has 0 aliphatic carbocycles. The van der Waals surface area contributed by atoms with Crippen LogP contribution in [0.2, 0.25) is 0 Å². The van der Waals surface area contributed by atoms with E-state index < -0.39 is 18.6 Å². The maximum atomic E-state index is 11.2. The molecule has 0 aliphatic heterocycles. The number of carbonyl (C=O) groups is 1. The molecule has 1 aromatic carbocycles. The minimum absolute atomic E-state index is 0.00803. The van der Waals surface area contributed by atoms with Gasteiger partial charge in [-0.15, -0.1) is 0 Å². The van der Waals surface area contributed by atoms with Gasteiger partial charge in [0, 0.05) is 31.4 Å². The van der Waals surface area contributed by atoms with Gasteiger partial charge >= 0.3 is 0 Å². The van der Waals surface area contributed by atoms with Gasteiger partial charge in [-0.25, -0.2) is 9.97 Å². The molecule has 3 rings (SSSR count). The van der Waals surface area contributed by atoms with Gasteiger partial charge < -0.3 is 29.7 Å². The second-order valence-corrected chi connectivity index (χ2v) is 9.45. The number of ether oxygens (including phenoxy) is 1. The van der Waals surface area contributed by atoms with Crippen LogP contribution < -0.4 is 15.0 Å². The number of anilines is 1. The van der Waals surface area contributed by atoms with Gasteiger partial charge in [0.05, 0.1) is 0 Å². The van der Waals surface area contributed by atoms with Crippen molar-refractivity contribution in [2.45, 2.75) is 47.1 Å². The van der Waals surface area contributed by atoms with Crippen molar-refractivity contribution in [3.8, 4) is 28.7 Å². The Bertz CT molecular complexity index is 1210. The summed E-state index contributed by atoms with van der Waals surface area (Å²) in [5.74, 6) is 1.91. The molecular weight excluding hydrogens is 476 g/mol. The molecule has 200 valence electrons. The highest BCUT2D eigenvalue weighted by atomic mass is 16.5. The van der Waals surface area contributed by atoms with E-state index >= 15 is 0 Å². The van der Waals surface area contributed by atoms with Crippen LogP contribution in [-0.4, -0.2) is 75.7 Å². The molecule has 0 fully saturated rings. The summed E-state index contributed by atoms with van der Waals surface area (Å²) >= 11 is 0. The highest BCUT2D eigenvalue weighted by Gasteiger charge is 2.18. The van der Waals surface area contributed by atoms with Crippen molar-refractivity contribution in [3.63, 3.8) is 0 Å². The number of nitrogens with zero attached hydrogens (tertiary/aromatic N) is 5. The average molecular weight is 513 g/mol. The van der Waals surface area contributed by atoms with Gasteiger partial charge in [-0.05, 0) is 55.5 Å². The Balaban J connectivity index is 1.80. The third kappa shape index (κ3) is 7.46. The molecule has 0 radical (unpaired) electrons. The number of hydrogen-bond acceptors (Lipinski definition) is 10. The predicted octanol–water partition coefficient (Wildman–Crippen LogP) is 2.31. The normalized spacial score (nSPS) is 12.0. The molecule has 0 aliphatic rings. The Labute approximate surface area is 216 Å². The zero-order chi connectivity index (χ0) is 27.1. The number of aryl methyl sites for hydroxylation is 3. The van der Waals surface area contributed by atoms with Crippen LogP contribution in [0.1, 0.15) is 37.6 Å². The lowest BCUT2D eigenvalue weighted by molar-refractivity contribution is -0.124. The summed E-state index contributed by atoms with van der Waals surface area (Å²) in [6.45, 7) is 10.3. The fraction of sp³-hybridized carbons (Fsp3) is 0.500. The lowest BCUT2D eigenvalue weighted by Gasteiger charge is -2.19. The summed E-state index contributed by atoms with van der Waals surface area (Å²) in [5, 5.41) is 25.5. The van der Waals surface area contributed by atoms with Crippen molar-refractivity contribution < 1.29 is 24.3 Å². The molecule has 2 heterocycles. The number of rotatable bonds is 12. The first-order valence-electron chi connectivity index (χ1n) is 12.3. The molecule has 11 heteroatoms. The highest BCUT2D eigenvalue weighted by molar-refractivity contribution is 5.76. The van der Waals surface area contributed by atoms with E-state index in [1.807, 2.05) is 50.9 Å². The van der Waals surface area contributed by atoms with Crippen LogP contribution >= 0.6 is 0 Å². The van der Waals surface area contributed by atoms with Crippen LogP contribution in [0.25, 0.3) is 23.0 Å². The Morgan fingerprint density at radius 2 is 1.95 bits per heavy atom. The van der Waals surface area contributed by atoms with E-state index in [1.54, 1.807) is 0 Å². The van der Waals surface area contributed by atoms with Crippen molar-refractivity contribution in [2.24, 2.45) is 5.92 Å². The SMILES string of the molecule is CCc1cc(-c2noc(-c3cc(C)nc(N(C)CC(C)C)n3)n2)cc(C)c1OC[C@@H](O)CNC(=O)CO. The fourth-order valence-electron chi connectivity index (χ4n) is 3.88. The van der Waals surface area contributed by atoms with Gasteiger partial charge in [-0.1, -0.05) is 25.9 Å². The number of aliphatic hydroxyl groups excluding tert-OH is 2. The highest BCUT2D eigenvalue weighted by Crippen LogP contribution is 2.31. The molecule has 37 heavy (non-hydrogen) atoms. The molecule has 3 aromatic rings. The first kappa shape index (κ1) is 28.0. The van der Waals surface area contributed by atoms with Crippen LogP contribution in [-0.2, 0) is 11.2 Å². The van der Waals surface area contributed by atoms with Crippen molar-refractivity contribution in [1.82, 2.24) is 25.4 Å². The largest absolute Gasteiger partial charge is 0.490 e. The lowest BCUT2D eigenvalue weighted by atomic mass is 10.0. The molecule has 0 spiro atoms. The summed E-state index contributed by atoms with van der Waals surface area (Å²) in [5.41, 5.74) is 3.91. The average Bonchev–Trinajstić information content (AvgIpc) is 3.35. The lowest BCUT2D eigenvalue weighted by Crippen LogP contribution is -2.36. The molecule has 1 amide bonds. The maximum absolute atomic E-state index is 11.2. The number of carbonyl (C=O) groups excluding carboxylic acids is 1.